The summed E-state index contributed by atoms with van der Waals surface area (Å²) in [4.78, 5) is 13.8. The maximum atomic E-state index is 12.0. The summed E-state index contributed by atoms with van der Waals surface area (Å²) in [6.45, 7) is 1.29. The molecular formula is C15H21NO4S. The highest BCUT2D eigenvalue weighted by Gasteiger charge is 2.29. The fraction of sp³-hybridized carbons (Fsp3) is 0.533. The van der Waals surface area contributed by atoms with Gasteiger partial charge in [0.25, 0.3) is 0 Å². The van der Waals surface area contributed by atoms with Gasteiger partial charge in [-0.25, -0.2) is 0 Å². The van der Waals surface area contributed by atoms with Crippen molar-refractivity contribution in [2.75, 3.05) is 33.6 Å². The fourth-order valence-corrected chi connectivity index (χ4v) is 2.82. The number of carbonyl (C=O) groups is 1. The quantitative estimate of drug-likeness (QED) is 0.816. The van der Waals surface area contributed by atoms with E-state index in [1.54, 1.807) is 21.3 Å². The molecule has 1 aliphatic rings. The molecule has 21 heavy (non-hydrogen) atoms. The molecule has 1 saturated heterocycles. The van der Waals surface area contributed by atoms with Gasteiger partial charge in [-0.2, -0.15) is 12.6 Å². The van der Waals surface area contributed by atoms with Crippen LogP contribution in [0.25, 0.3) is 0 Å². The fourth-order valence-electron chi connectivity index (χ4n) is 2.58. The normalized spacial score (nSPS) is 18.0. The highest BCUT2D eigenvalue weighted by molar-refractivity contribution is 7.80. The first-order chi connectivity index (χ1) is 10.1. The zero-order valence-electron chi connectivity index (χ0n) is 12.6. The Labute approximate surface area is 130 Å². The number of nitrogens with zero attached hydrogens (tertiary/aromatic N) is 1. The van der Waals surface area contributed by atoms with E-state index < -0.39 is 0 Å². The number of hydrogen-bond acceptors (Lipinski definition) is 5. The molecule has 0 aromatic heterocycles. The Hall–Kier alpha value is -1.56. The summed E-state index contributed by atoms with van der Waals surface area (Å²) in [6, 6.07) is 3.76. The van der Waals surface area contributed by atoms with Crippen molar-refractivity contribution in [1.29, 1.82) is 0 Å². The van der Waals surface area contributed by atoms with E-state index in [4.69, 9.17) is 14.2 Å². The maximum absolute atomic E-state index is 12.0. The van der Waals surface area contributed by atoms with Gasteiger partial charge >= 0.3 is 0 Å². The number of rotatable bonds is 6. The molecular weight excluding hydrogens is 290 g/mol. The minimum Gasteiger partial charge on any atom is -0.493 e. The second kappa shape index (κ2) is 6.93. The summed E-state index contributed by atoms with van der Waals surface area (Å²) in [6.07, 6.45) is 0.577. The van der Waals surface area contributed by atoms with E-state index in [9.17, 15) is 4.79 Å². The molecule has 1 amide bonds. The molecule has 1 heterocycles. The largest absolute Gasteiger partial charge is 0.493 e. The average molecular weight is 311 g/mol. The lowest BCUT2D eigenvalue weighted by Gasteiger charge is -2.19. The topological polar surface area (TPSA) is 48.0 Å². The smallest absolute Gasteiger partial charge is 0.223 e. The first-order valence-electron chi connectivity index (χ1n) is 6.80. The van der Waals surface area contributed by atoms with Crippen molar-refractivity contribution in [2.45, 2.75) is 13.0 Å². The van der Waals surface area contributed by atoms with Crippen molar-refractivity contribution in [3.8, 4) is 17.2 Å². The lowest BCUT2D eigenvalue weighted by atomic mass is 10.1. The van der Waals surface area contributed by atoms with Crippen LogP contribution in [0.1, 0.15) is 12.0 Å². The Morgan fingerprint density at radius 1 is 1.19 bits per heavy atom. The summed E-state index contributed by atoms with van der Waals surface area (Å²) < 4.78 is 16.0. The highest BCUT2D eigenvalue weighted by atomic mass is 32.1. The number of hydrogen-bond donors (Lipinski definition) is 1. The Kier molecular flexibility index (Phi) is 5.22. The van der Waals surface area contributed by atoms with Crippen molar-refractivity contribution in [2.24, 2.45) is 5.92 Å². The Morgan fingerprint density at radius 3 is 2.24 bits per heavy atom. The number of likely N-dealkylation sites (tertiary alicyclic amines) is 1. The van der Waals surface area contributed by atoms with Gasteiger partial charge in [0.15, 0.2) is 11.5 Å². The average Bonchev–Trinajstić information content (AvgIpc) is 2.86. The molecule has 0 radical (unpaired) electrons. The standard InChI is InChI=1S/C15H21NO4S/c1-18-12-4-10(5-13(19-2)15(12)20-3)7-16-8-11(9-21)6-14(16)17/h4-5,11,21H,6-9H2,1-3H3. The van der Waals surface area contributed by atoms with Crippen LogP contribution in [0.3, 0.4) is 0 Å². The van der Waals surface area contributed by atoms with Crippen molar-refractivity contribution in [3.63, 3.8) is 0 Å². The third kappa shape index (κ3) is 3.37. The maximum Gasteiger partial charge on any atom is 0.223 e. The minimum atomic E-state index is 0.169. The van der Waals surface area contributed by atoms with Crippen LogP contribution < -0.4 is 14.2 Å². The predicted molar refractivity (Wildman–Crippen MR) is 83.5 cm³/mol. The second-order valence-corrected chi connectivity index (χ2v) is 5.43. The zero-order chi connectivity index (χ0) is 15.4. The number of methoxy groups -OCH3 is 3. The van der Waals surface area contributed by atoms with Gasteiger partial charge in [0.2, 0.25) is 11.7 Å². The lowest BCUT2D eigenvalue weighted by molar-refractivity contribution is -0.128. The summed E-state index contributed by atoms with van der Waals surface area (Å²) in [5, 5.41) is 0. The molecule has 1 fully saturated rings. The second-order valence-electron chi connectivity index (χ2n) is 5.06. The molecule has 5 nitrogen and oxygen atoms in total. The molecule has 0 saturated carbocycles. The molecule has 6 heteroatoms. The van der Waals surface area contributed by atoms with E-state index in [-0.39, 0.29) is 5.91 Å². The first kappa shape index (κ1) is 15.8. The van der Waals surface area contributed by atoms with Crippen LogP contribution in [0.15, 0.2) is 12.1 Å². The van der Waals surface area contributed by atoms with E-state index in [1.807, 2.05) is 17.0 Å². The Bertz CT molecular complexity index is 495. The molecule has 116 valence electrons. The van der Waals surface area contributed by atoms with Crippen LogP contribution in [-0.2, 0) is 11.3 Å². The van der Waals surface area contributed by atoms with E-state index in [0.29, 0.717) is 36.1 Å². The van der Waals surface area contributed by atoms with E-state index in [2.05, 4.69) is 12.6 Å². The van der Waals surface area contributed by atoms with Crippen LogP contribution in [0.4, 0.5) is 0 Å². The van der Waals surface area contributed by atoms with Gasteiger partial charge in [-0.1, -0.05) is 0 Å². The van der Waals surface area contributed by atoms with Crippen LogP contribution in [0.2, 0.25) is 0 Å². The molecule has 0 bridgehead atoms. The van der Waals surface area contributed by atoms with Crippen LogP contribution in [0, 0.1) is 5.92 Å². The predicted octanol–water partition coefficient (Wildman–Crippen LogP) is 1.99. The third-order valence-electron chi connectivity index (χ3n) is 3.65. The minimum absolute atomic E-state index is 0.169. The van der Waals surface area contributed by atoms with Gasteiger partial charge in [0, 0.05) is 19.5 Å². The van der Waals surface area contributed by atoms with Crippen molar-refractivity contribution < 1.29 is 19.0 Å². The van der Waals surface area contributed by atoms with E-state index >= 15 is 0 Å². The zero-order valence-corrected chi connectivity index (χ0v) is 13.5. The third-order valence-corrected chi connectivity index (χ3v) is 4.17. The Morgan fingerprint density at radius 2 is 1.81 bits per heavy atom. The van der Waals surface area contributed by atoms with E-state index in [0.717, 1.165) is 17.9 Å². The summed E-state index contributed by atoms with van der Waals surface area (Å²) in [7, 11) is 4.74. The Balaban J connectivity index is 2.22. The van der Waals surface area contributed by atoms with Crippen molar-refractivity contribution in [1.82, 2.24) is 4.90 Å². The lowest BCUT2D eigenvalue weighted by Crippen LogP contribution is -2.24. The highest BCUT2D eigenvalue weighted by Crippen LogP contribution is 2.38. The first-order valence-corrected chi connectivity index (χ1v) is 7.43. The van der Waals surface area contributed by atoms with Crippen LogP contribution >= 0.6 is 12.6 Å². The number of ether oxygens (including phenoxy) is 3. The van der Waals surface area contributed by atoms with Gasteiger partial charge in [0.1, 0.15) is 0 Å². The molecule has 1 unspecified atom stereocenters. The van der Waals surface area contributed by atoms with Crippen molar-refractivity contribution >= 4 is 18.5 Å². The van der Waals surface area contributed by atoms with Gasteiger partial charge in [-0.15, -0.1) is 0 Å². The van der Waals surface area contributed by atoms with Gasteiger partial charge in [-0.3, -0.25) is 4.79 Å². The van der Waals surface area contributed by atoms with Crippen LogP contribution in [-0.4, -0.2) is 44.4 Å². The number of carbonyl (C=O) groups excluding carboxylic acids is 1. The van der Waals surface area contributed by atoms with E-state index in [1.165, 1.54) is 0 Å². The summed E-state index contributed by atoms with van der Waals surface area (Å²) in [5.74, 6) is 3.00. The molecule has 1 aliphatic heterocycles. The summed E-state index contributed by atoms with van der Waals surface area (Å²) >= 11 is 4.28. The molecule has 0 spiro atoms. The van der Waals surface area contributed by atoms with Crippen molar-refractivity contribution in [3.05, 3.63) is 17.7 Å². The molecule has 0 N–H and O–H groups in total. The molecule has 1 atom stereocenters. The van der Waals surface area contributed by atoms with Gasteiger partial charge in [-0.05, 0) is 29.4 Å². The SMILES string of the molecule is COc1cc(CN2CC(CS)CC2=O)cc(OC)c1OC. The summed E-state index contributed by atoms with van der Waals surface area (Å²) in [5.41, 5.74) is 0.956. The number of amides is 1. The monoisotopic (exact) mass is 311 g/mol. The van der Waals surface area contributed by atoms with Gasteiger partial charge in [0.05, 0.1) is 21.3 Å². The molecule has 1 aromatic carbocycles. The molecule has 0 aliphatic carbocycles. The van der Waals surface area contributed by atoms with Crippen LogP contribution in [0.5, 0.6) is 17.2 Å². The van der Waals surface area contributed by atoms with Gasteiger partial charge < -0.3 is 19.1 Å². The number of thiol groups is 1. The molecule has 1 aromatic rings. The molecule has 2 rings (SSSR count). The number of benzene rings is 1.